The third kappa shape index (κ3) is 48.0. The van der Waals surface area contributed by atoms with Crippen molar-refractivity contribution in [1.82, 2.24) is 0 Å². The normalized spacial score (nSPS) is 12.5. The third-order valence-electron chi connectivity index (χ3n) is 11.0. The molecule has 0 aliphatic heterocycles. The highest BCUT2D eigenvalue weighted by atomic mass is 16.6. The summed E-state index contributed by atoms with van der Waals surface area (Å²) in [7, 11) is 0. The Bertz CT molecular complexity index is 1120. The summed E-state index contributed by atoms with van der Waals surface area (Å²) in [6.45, 7) is 6.54. The van der Waals surface area contributed by atoms with Crippen molar-refractivity contribution >= 4 is 17.9 Å². The van der Waals surface area contributed by atoms with Crippen LogP contribution in [0, 0.1) is 0 Å². The Morgan fingerprint density at radius 1 is 0.328 bits per heavy atom. The van der Waals surface area contributed by atoms with E-state index in [1.54, 1.807) is 0 Å². The van der Waals surface area contributed by atoms with Crippen molar-refractivity contribution in [3.63, 3.8) is 0 Å². The summed E-state index contributed by atoms with van der Waals surface area (Å²) in [6.07, 6.45) is 60.6. The highest BCUT2D eigenvalue weighted by molar-refractivity contribution is 5.71. The second kappa shape index (κ2) is 49.8. The Morgan fingerprint density at radius 2 is 0.590 bits per heavy atom. The first kappa shape index (κ1) is 58.1. The zero-order valence-corrected chi connectivity index (χ0v) is 40.2. The summed E-state index contributed by atoms with van der Waals surface area (Å²) in [5, 5.41) is 0. The van der Waals surface area contributed by atoms with Gasteiger partial charge in [-0.1, -0.05) is 204 Å². The summed E-state index contributed by atoms with van der Waals surface area (Å²) in [4.78, 5) is 37.9. The van der Waals surface area contributed by atoms with Crippen LogP contribution < -0.4 is 0 Å². The first-order chi connectivity index (χ1) is 30.0. The van der Waals surface area contributed by atoms with Crippen molar-refractivity contribution < 1.29 is 28.6 Å². The minimum absolute atomic E-state index is 0.0836. The van der Waals surface area contributed by atoms with Gasteiger partial charge in [0.2, 0.25) is 0 Å². The molecule has 0 saturated heterocycles. The molecule has 0 aliphatic carbocycles. The van der Waals surface area contributed by atoms with Crippen LogP contribution in [0.15, 0.2) is 60.8 Å². The van der Waals surface area contributed by atoms with Crippen LogP contribution in [-0.4, -0.2) is 37.2 Å². The lowest BCUT2D eigenvalue weighted by Crippen LogP contribution is -2.30. The Morgan fingerprint density at radius 3 is 0.951 bits per heavy atom. The number of carbonyl (C=O) groups is 3. The molecule has 0 bridgehead atoms. The van der Waals surface area contributed by atoms with Crippen molar-refractivity contribution in [2.45, 2.75) is 258 Å². The number of carbonyl (C=O) groups excluding carboxylic acids is 3. The van der Waals surface area contributed by atoms with Crippen molar-refractivity contribution in [2.24, 2.45) is 0 Å². The molecule has 0 heterocycles. The molecule has 0 saturated carbocycles. The molecule has 0 fully saturated rings. The number of unbranched alkanes of at least 4 members (excludes halogenated alkanes) is 25. The van der Waals surface area contributed by atoms with E-state index in [2.05, 4.69) is 81.5 Å². The van der Waals surface area contributed by atoms with Crippen LogP contribution in [0.25, 0.3) is 0 Å². The van der Waals surface area contributed by atoms with E-state index in [9.17, 15) is 14.4 Å². The smallest absolute Gasteiger partial charge is 0.306 e. The lowest BCUT2D eigenvalue weighted by molar-refractivity contribution is -0.167. The van der Waals surface area contributed by atoms with Gasteiger partial charge in [-0.25, -0.2) is 0 Å². The van der Waals surface area contributed by atoms with E-state index in [-0.39, 0.29) is 31.1 Å². The minimum Gasteiger partial charge on any atom is -0.462 e. The Balaban J connectivity index is 4.38. The van der Waals surface area contributed by atoms with E-state index in [0.29, 0.717) is 19.3 Å². The van der Waals surface area contributed by atoms with Crippen LogP contribution in [-0.2, 0) is 28.6 Å². The number of hydrogen-bond acceptors (Lipinski definition) is 6. The summed E-state index contributed by atoms with van der Waals surface area (Å²) in [5.74, 6) is -0.913. The lowest BCUT2D eigenvalue weighted by Gasteiger charge is -2.18. The van der Waals surface area contributed by atoms with Crippen molar-refractivity contribution in [3.8, 4) is 0 Å². The highest BCUT2D eigenvalue weighted by Gasteiger charge is 2.19. The maximum atomic E-state index is 12.8. The molecular weight excluding hydrogens is 757 g/mol. The lowest BCUT2D eigenvalue weighted by atomic mass is 10.1. The minimum atomic E-state index is -0.784. The maximum absolute atomic E-state index is 12.8. The molecule has 6 heteroatoms. The Hall–Kier alpha value is -2.89. The fourth-order valence-corrected chi connectivity index (χ4v) is 7.07. The van der Waals surface area contributed by atoms with Crippen LogP contribution >= 0.6 is 0 Å². The molecule has 0 radical (unpaired) electrons. The topological polar surface area (TPSA) is 78.9 Å². The predicted molar refractivity (Wildman–Crippen MR) is 261 cm³/mol. The van der Waals surface area contributed by atoms with Gasteiger partial charge in [-0.2, -0.15) is 0 Å². The Kier molecular flexibility index (Phi) is 47.4. The van der Waals surface area contributed by atoms with Gasteiger partial charge in [0.25, 0.3) is 0 Å². The van der Waals surface area contributed by atoms with Crippen LogP contribution in [0.2, 0.25) is 0 Å². The van der Waals surface area contributed by atoms with Gasteiger partial charge in [-0.3, -0.25) is 14.4 Å². The number of ether oxygens (including phenoxy) is 3. The largest absolute Gasteiger partial charge is 0.462 e. The molecule has 0 aromatic rings. The molecule has 0 amide bonds. The first-order valence-electron chi connectivity index (χ1n) is 25.8. The van der Waals surface area contributed by atoms with Crippen molar-refractivity contribution in [2.75, 3.05) is 13.2 Å². The molecule has 0 rings (SSSR count). The Labute approximate surface area is 377 Å². The van der Waals surface area contributed by atoms with Gasteiger partial charge in [0, 0.05) is 19.3 Å². The summed E-state index contributed by atoms with van der Waals surface area (Å²) >= 11 is 0. The molecule has 0 aromatic heterocycles. The van der Waals surface area contributed by atoms with Gasteiger partial charge in [0.1, 0.15) is 13.2 Å². The standard InChI is InChI=1S/C55H96O6/c1-4-7-10-13-16-19-21-23-25-27-29-31-33-36-39-42-45-48-54(57)60-51-52(50-59-53(56)47-44-41-38-35-18-15-12-9-6-3)61-55(58)49-46-43-40-37-34-32-30-28-26-24-22-20-17-14-11-8-5-2/h16-17,19-20,23-26,29,31,52H,4-15,18,21-22,27-28,30,32-51H2,1-3H3/b19-16-,20-17-,25-23-,26-24-,31-29-/t52-/m1/s1. The molecule has 0 unspecified atom stereocenters. The third-order valence-corrected chi connectivity index (χ3v) is 11.0. The van der Waals surface area contributed by atoms with E-state index in [1.807, 2.05) is 0 Å². The number of allylic oxidation sites excluding steroid dienone is 10. The van der Waals surface area contributed by atoms with E-state index < -0.39 is 6.10 Å². The molecule has 352 valence electrons. The van der Waals surface area contributed by atoms with Crippen LogP contribution in [0.5, 0.6) is 0 Å². The summed E-state index contributed by atoms with van der Waals surface area (Å²) in [6, 6.07) is 0. The van der Waals surface area contributed by atoms with Crippen molar-refractivity contribution in [1.29, 1.82) is 0 Å². The van der Waals surface area contributed by atoms with Gasteiger partial charge in [0.05, 0.1) is 0 Å². The van der Waals surface area contributed by atoms with Crippen LogP contribution in [0.4, 0.5) is 0 Å². The predicted octanol–water partition coefficient (Wildman–Crippen LogP) is 16.9. The van der Waals surface area contributed by atoms with Gasteiger partial charge in [-0.15, -0.1) is 0 Å². The molecule has 0 N–H and O–H groups in total. The molecule has 1 atom stereocenters. The highest BCUT2D eigenvalue weighted by Crippen LogP contribution is 2.14. The molecule has 0 aliphatic rings. The second-order valence-corrected chi connectivity index (χ2v) is 17.1. The van der Waals surface area contributed by atoms with Crippen LogP contribution in [0.1, 0.15) is 252 Å². The molecular formula is C55H96O6. The molecule has 61 heavy (non-hydrogen) atoms. The quantitative estimate of drug-likeness (QED) is 0.0263. The zero-order valence-electron chi connectivity index (χ0n) is 40.2. The maximum Gasteiger partial charge on any atom is 0.306 e. The van der Waals surface area contributed by atoms with Gasteiger partial charge < -0.3 is 14.2 Å². The first-order valence-corrected chi connectivity index (χ1v) is 25.8. The fraction of sp³-hybridized carbons (Fsp3) is 0.764. The summed E-state index contributed by atoms with van der Waals surface area (Å²) < 4.78 is 16.7. The van der Waals surface area contributed by atoms with Gasteiger partial charge in [0.15, 0.2) is 6.10 Å². The van der Waals surface area contributed by atoms with E-state index in [4.69, 9.17) is 14.2 Å². The monoisotopic (exact) mass is 853 g/mol. The zero-order chi connectivity index (χ0) is 44.4. The molecule has 0 spiro atoms. The summed E-state index contributed by atoms with van der Waals surface area (Å²) in [5.41, 5.74) is 0. The van der Waals surface area contributed by atoms with E-state index in [0.717, 1.165) is 96.3 Å². The second-order valence-electron chi connectivity index (χ2n) is 17.1. The molecule has 6 nitrogen and oxygen atoms in total. The fourth-order valence-electron chi connectivity index (χ4n) is 7.07. The van der Waals surface area contributed by atoms with Gasteiger partial charge >= 0.3 is 17.9 Å². The molecule has 0 aromatic carbocycles. The van der Waals surface area contributed by atoms with Crippen LogP contribution in [0.3, 0.4) is 0 Å². The van der Waals surface area contributed by atoms with E-state index in [1.165, 1.54) is 116 Å². The average Bonchev–Trinajstić information content (AvgIpc) is 3.26. The number of rotatable bonds is 46. The average molecular weight is 853 g/mol. The van der Waals surface area contributed by atoms with Gasteiger partial charge in [-0.05, 0) is 89.9 Å². The number of hydrogen-bond donors (Lipinski definition) is 0. The van der Waals surface area contributed by atoms with Crippen molar-refractivity contribution in [3.05, 3.63) is 60.8 Å². The SMILES string of the molecule is CCCCC/C=C\C/C=C\C/C=C\CCCCCCC(=O)OC[C@@H](COC(=O)CCCCCCCCCCC)OC(=O)CCCCCCCCC/C=C\C/C=C\CCCCC. The number of esters is 3. The van der Waals surface area contributed by atoms with E-state index >= 15 is 0 Å².